The maximum absolute atomic E-state index is 12.0. The van der Waals surface area contributed by atoms with Gasteiger partial charge in [-0.15, -0.1) is 0 Å². The third-order valence-electron chi connectivity index (χ3n) is 2.26. The number of hydrogen-bond acceptors (Lipinski definition) is 4. The molecule has 1 heterocycles. The molecule has 0 saturated heterocycles. The van der Waals surface area contributed by atoms with Gasteiger partial charge >= 0.3 is 5.97 Å². The first-order valence-corrected chi connectivity index (χ1v) is 6.81. The van der Waals surface area contributed by atoms with Crippen LogP contribution in [-0.4, -0.2) is 29.7 Å². The number of rotatable bonds is 4. The van der Waals surface area contributed by atoms with Crippen molar-refractivity contribution in [3.8, 4) is 0 Å². The van der Waals surface area contributed by atoms with E-state index in [1.54, 1.807) is 0 Å². The second kappa shape index (κ2) is 4.90. The van der Waals surface area contributed by atoms with Gasteiger partial charge in [0.2, 0.25) is 0 Å². The van der Waals surface area contributed by atoms with Gasteiger partial charge in [0.05, 0.1) is 22.5 Å². The molecular weight excluding hydrogens is 294 g/mol. The number of para-hydroxylation sites is 1. The Hall–Kier alpha value is -2.06. The molecule has 1 aromatic carbocycles. The van der Waals surface area contributed by atoms with E-state index in [9.17, 15) is 13.2 Å². The third kappa shape index (κ3) is 2.69. The number of aromatic amines is 1. The van der Waals surface area contributed by atoms with E-state index in [2.05, 4.69) is 14.9 Å². The summed E-state index contributed by atoms with van der Waals surface area (Å²) in [7, 11) is -3.94. The molecule has 19 heavy (non-hydrogen) atoms. The zero-order chi connectivity index (χ0) is 14.0. The number of carbonyl (C=O) groups is 1. The molecule has 0 saturated carbocycles. The highest BCUT2D eigenvalue weighted by Crippen LogP contribution is 2.28. The van der Waals surface area contributed by atoms with Crippen LogP contribution in [-0.2, 0) is 10.0 Å². The minimum atomic E-state index is -3.94. The summed E-state index contributed by atoms with van der Waals surface area (Å²) >= 11 is 5.83. The van der Waals surface area contributed by atoms with Crippen LogP contribution in [0.2, 0.25) is 5.02 Å². The maximum Gasteiger partial charge on any atom is 0.337 e. The topological polar surface area (TPSA) is 112 Å². The lowest BCUT2D eigenvalue weighted by atomic mass is 10.2. The average molecular weight is 302 g/mol. The lowest BCUT2D eigenvalue weighted by Gasteiger charge is -2.10. The minimum absolute atomic E-state index is 0.00744. The molecule has 100 valence electrons. The Morgan fingerprint density at radius 3 is 2.74 bits per heavy atom. The summed E-state index contributed by atoms with van der Waals surface area (Å²) in [4.78, 5) is 10.9. The largest absolute Gasteiger partial charge is 0.478 e. The molecule has 7 nitrogen and oxygen atoms in total. The van der Waals surface area contributed by atoms with Crippen molar-refractivity contribution >= 4 is 33.3 Å². The van der Waals surface area contributed by atoms with Crippen molar-refractivity contribution in [1.82, 2.24) is 10.2 Å². The Kier molecular flexibility index (Phi) is 3.45. The predicted molar refractivity (Wildman–Crippen MR) is 67.8 cm³/mol. The number of aromatic nitrogens is 2. The molecular formula is C10H8ClN3O4S. The summed E-state index contributed by atoms with van der Waals surface area (Å²) in [6.45, 7) is 0. The van der Waals surface area contributed by atoms with Gasteiger partial charge in [-0.2, -0.15) is 5.10 Å². The number of aromatic carboxylic acids is 1. The van der Waals surface area contributed by atoms with E-state index in [1.807, 2.05) is 0 Å². The van der Waals surface area contributed by atoms with Gasteiger partial charge in [-0.3, -0.25) is 9.82 Å². The fourth-order valence-corrected chi connectivity index (χ4v) is 2.67. The normalized spacial score (nSPS) is 11.2. The number of nitrogens with one attached hydrogen (secondary N) is 2. The molecule has 0 spiro atoms. The number of carboxylic acid groups (broad SMARTS) is 1. The predicted octanol–water partition coefficient (Wildman–Crippen LogP) is 1.56. The Bertz CT molecular complexity index is 712. The van der Waals surface area contributed by atoms with Crippen LogP contribution in [0.4, 0.5) is 5.69 Å². The van der Waals surface area contributed by atoms with Crippen molar-refractivity contribution in [3.63, 3.8) is 0 Å². The van der Waals surface area contributed by atoms with Gasteiger partial charge in [0, 0.05) is 6.20 Å². The van der Waals surface area contributed by atoms with E-state index < -0.39 is 16.0 Å². The summed E-state index contributed by atoms with van der Waals surface area (Å²) in [5, 5.41) is 14.9. The molecule has 0 fully saturated rings. The molecule has 0 atom stereocenters. The quantitative estimate of drug-likeness (QED) is 0.793. The average Bonchev–Trinajstić information content (AvgIpc) is 2.85. The molecule has 0 aliphatic heterocycles. The summed E-state index contributed by atoms with van der Waals surface area (Å²) < 4.78 is 26.1. The van der Waals surface area contributed by atoms with Gasteiger partial charge in [0.15, 0.2) is 0 Å². The molecule has 0 radical (unpaired) electrons. The summed E-state index contributed by atoms with van der Waals surface area (Å²) in [5.41, 5.74) is -0.419. The lowest BCUT2D eigenvalue weighted by Crippen LogP contribution is -2.15. The fourth-order valence-electron chi connectivity index (χ4n) is 1.39. The molecule has 0 amide bonds. The van der Waals surface area contributed by atoms with Crippen molar-refractivity contribution in [1.29, 1.82) is 0 Å². The van der Waals surface area contributed by atoms with Crippen LogP contribution in [0.5, 0.6) is 0 Å². The second-order valence-electron chi connectivity index (χ2n) is 3.51. The van der Waals surface area contributed by atoms with E-state index in [4.69, 9.17) is 16.7 Å². The van der Waals surface area contributed by atoms with Crippen molar-refractivity contribution in [2.75, 3.05) is 4.72 Å². The van der Waals surface area contributed by atoms with Gasteiger partial charge in [0.1, 0.15) is 4.90 Å². The summed E-state index contributed by atoms with van der Waals surface area (Å²) in [5.74, 6) is -1.28. The van der Waals surface area contributed by atoms with Crippen LogP contribution in [0.25, 0.3) is 0 Å². The molecule has 2 aromatic rings. The smallest absolute Gasteiger partial charge is 0.337 e. The number of anilines is 1. The van der Waals surface area contributed by atoms with Crippen molar-refractivity contribution in [2.45, 2.75) is 4.90 Å². The highest BCUT2D eigenvalue weighted by Gasteiger charge is 2.21. The van der Waals surface area contributed by atoms with E-state index in [1.165, 1.54) is 24.4 Å². The highest BCUT2D eigenvalue weighted by atomic mass is 35.5. The van der Waals surface area contributed by atoms with Crippen LogP contribution < -0.4 is 4.72 Å². The number of nitrogens with zero attached hydrogens (tertiary/aromatic N) is 1. The molecule has 0 aliphatic carbocycles. The summed E-state index contributed by atoms with van der Waals surface area (Å²) in [6.07, 6.45) is 2.26. The Balaban J connectivity index is 2.48. The zero-order valence-electron chi connectivity index (χ0n) is 9.29. The first-order valence-electron chi connectivity index (χ1n) is 4.95. The molecule has 0 bridgehead atoms. The van der Waals surface area contributed by atoms with Gasteiger partial charge in [-0.25, -0.2) is 13.2 Å². The Labute approximate surface area is 113 Å². The second-order valence-corrected chi connectivity index (χ2v) is 5.60. The Morgan fingerprint density at radius 1 is 1.42 bits per heavy atom. The van der Waals surface area contributed by atoms with Crippen molar-refractivity contribution in [2.24, 2.45) is 0 Å². The highest BCUT2D eigenvalue weighted by molar-refractivity contribution is 7.92. The molecule has 1 aromatic heterocycles. The molecule has 9 heteroatoms. The monoisotopic (exact) mass is 301 g/mol. The van der Waals surface area contributed by atoms with Crippen LogP contribution in [0.3, 0.4) is 0 Å². The third-order valence-corrected chi connectivity index (χ3v) is 3.90. The first kappa shape index (κ1) is 13.4. The minimum Gasteiger partial charge on any atom is -0.478 e. The van der Waals surface area contributed by atoms with Gasteiger partial charge in [0.25, 0.3) is 10.0 Å². The molecule has 2 rings (SSSR count). The van der Waals surface area contributed by atoms with Crippen LogP contribution in [0.1, 0.15) is 10.4 Å². The zero-order valence-corrected chi connectivity index (χ0v) is 10.9. The Morgan fingerprint density at radius 2 is 2.16 bits per heavy atom. The van der Waals surface area contributed by atoms with Gasteiger partial charge in [-0.05, 0) is 12.1 Å². The molecule has 0 unspecified atom stereocenters. The molecule has 0 aliphatic rings. The van der Waals surface area contributed by atoms with Crippen molar-refractivity contribution in [3.05, 3.63) is 41.2 Å². The van der Waals surface area contributed by atoms with Crippen LogP contribution in [0, 0.1) is 0 Å². The van der Waals surface area contributed by atoms with E-state index in [0.717, 1.165) is 6.20 Å². The van der Waals surface area contributed by atoms with Gasteiger partial charge in [-0.1, -0.05) is 17.7 Å². The summed E-state index contributed by atoms with van der Waals surface area (Å²) in [6, 6.07) is 4.06. The first-order chi connectivity index (χ1) is 8.92. The standard InChI is InChI=1S/C10H8ClN3O4S/c11-8-3-1-2-7(10(15)16)9(8)14-19(17,18)6-4-12-13-5-6/h1-5,14H,(H,12,13)(H,15,16). The van der Waals surface area contributed by atoms with Crippen LogP contribution in [0.15, 0.2) is 35.5 Å². The number of H-pyrrole nitrogens is 1. The SMILES string of the molecule is O=C(O)c1cccc(Cl)c1NS(=O)(=O)c1cn[nH]c1. The maximum atomic E-state index is 12.0. The van der Waals surface area contributed by atoms with Crippen LogP contribution >= 0.6 is 11.6 Å². The lowest BCUT2D eigenvalue weighted by molar-refractivity contribution is 0.0698. The fraction of sp³-hybridized carbons (Fsp3) is 0. The van der Waals surface area contributed by atoms with E-state index in [-0.39, 0.29) is 21.2 Å². The van der Waals surface area contributed by atoms with E-state index in [0.29, 0.717) is 0 Å². The number of hydrogen-bond donors (Lipinski definition) is 3. The molecule has 3 N–H and O–H groups in total. The number of sulfonamides is 1. The number of halogens is 1. The van der Waals surface area contributed by atoms with Crippen molar-refractivity contribution < 1.29 is 18.3 Å². The van der Waals surface area contributed by atoms with Gasteiger partial charge < -0.3 is 5.11 Å². The van der Waals surface area contributed by atoms with E-state index >= 15 is 0 Å². The number of carboxylic acids is 1. The number of benzene rings is 1.